The maximum absolute atomic E-state index is 12.7. The summed E-state index contributed by atoms with van der Waals surface area (Å²) in [7, 11) is -1.68. The molecule has 1 saturated heterocycles. The Bertz CT molecular complexity index is 662. The van der Waals surface area contributed by atoms with E-state index in [1.165, 1.54) is 22.5 Å². The molecular weight excluding hydrogens is 360 g/mol. The maximum Gasteiger partial charge on any atom is 0.335 e. The van der Waals surface area contributed by atoms with Gasteiger partial charge in [0.2, 0.25) is 10.0 Å². The fourth-order valence-corrected chi connectivity index (χ4v) is 5.10. The normalized spacial score (nSPS) is 21.4. The van der Waals surface area contributed by atoms with Crippen molar-refractivity contribution >= 4 is 31.9 Å². The van der Waals surface area contributed by atoms with Crippen molar-refractivity contribution in [1.29, 1.82) is 0 Å². The van der Waals surface area contributed by atoms with Crippen molar-refractivity contribution < 1.29 is 18.3 Å². The molecule has 1 fully saturated rings. The number of likely N-dealkylation sites (N-methyl/N-ethyl adjacent to an activating group) is 1. The number of carbonyl (C=O) groups is 1. The van der Waals surface area contributed by atoms with Crippen LogP contribution in [0.2, 0.25) is 0 Å². The molecule has 6 nitrogen and oxygen atoms in total. The largest absolute Gasteiger partial charge is 0.478 e. The summed E-state index contributed by atoms with van der Waals surface area (Å²) in [6, 6.07) is 3.84. The number of piperazine rings is 1. The van der Waals surface area contributed by atoms with E-state index in [-0.39, 0.29) is 21.0 Å². The van der Waals surface area contributed by atoms with E-state index in [0.29, 0.717) is 19.6 Å². The lowest BCUT2D eigenvalue weighted by molar-refractivity contribution is 0.0696. The molecular formula is C13H17BrN2O4S. The Kier molecular flexibility index (Phi) is 4.72. The van der Waals surface area contributed by atoms with Crippen LogP contribution in [-0.2, 0) is 10.0 Å². The molecule has 116 valence electrons. The summed E-state index contributed by atoms with van der Waals surface area (Å²) in [6.07, 6.45) is 0. The molecule has 0 radical (unpaired) electrons. The fourth-order valence-electron chi connectivity index (χ4n) is 2.45. The molecule has 0 aromatic heterocycles. The molecule has 1 unspecified atom stereocenters. The fraction of sp³-hybridized carbons (Fsp3) is 0.462. The highest BCUT2D eigenvalue weighted by molar-refractivity contribution is 9.10. The molecule has 1 aliphatic heterocycles. The molecule has 1 aromatic carbocycles. The number of carboxylic acids is 1. The lowest BCUT2D eigenvalue weighted by atomic mass is 10.2. The van der Waals surface area contributed by atoms with E-state index >= 15 is 0 Å². The van der Waals surface area contributed by atoms with E-state index < -0.39 is 16.0 Å². The van der Waals surface area contributed by atoms with E-state index in [9.17, 15) is 13.2 Å². The molecule has 21 heavy (non-hydrogen) atoms. The summed E-state index contributed by atoms with van der Waals surface area (Å²) in [5.41, 5.74) is 0.0484. The second kappa shape index (κ2) is 6.04. The summed E-state index contributed by atoms with van der Waals surface area (Å²) in [5.74, 6) is -1.09. The van der Waals surface area contributed by atoms with Crippen LogP contribution in [0.1, 0.15) is 17.3 Å². The Hall–Kier alpha value is -0.960. The minimum atomic E-state index is -3.64. The predicted octanol–water partition coefficient (Wildman–Crippen LogP) is 1.47. The molecule has 0 saturated carbocycles. The number of rotatable bonds is 3. The third-order valence-corrected chi connectivity index (χ3v) is 6.53. The predicted molar refractivity (Wildman–Crippen MR) is 82.0 cm³/mol. The lowest BCUT2D eigenvalue weighted by Gasteiger charge is -2.37. The average molecular weight is 377 g/mol. The number of nitrogens with zero attached hydrogens (tertiary/aromatic N) is 2. The first-order valence-electron chi connectivity index (χ1n) is 6.46. The topological polar surface area (TPSA) is 77.9 Å². The third-order valence-electron chi connectivity index (χ3n) is 3.54. The van der Waals surface area contributed by atoms with Crippen LogP contribution in [0.15, 0.2) is 27.6 Å². The van der Waals surface area contributed by atoms with Crippen LogP contribution < -0.4 is 0 Å². The Morgan fingerprint density at radius 1 is 1.38 bits per heavy atom. The van der Waals surface area contributed by atoms with Gasteiger partial charge in [-0.3, -0.25) is 0 Å². The van der Waals surface area contributed by atoms with Gasteiger partial charge in [-0.05, 0) is 48.1 Å². The lowest BCUT2D eigenvalue weighted by Crippen LogP contribution is -2.52. The third kappa shape index (κ3) is 3.28. The number of aromatic carboxylic acids is 1. The molecule has 0 bridgehead atoms. The molecule has 1 aliphatic rings. The average Bonchev–Trinajstić information content (AvgIpc) is 2.37. The molecule has 0 aliphatic carbocycles. The standard InChI is InChI=1S/C13H17BrN2O4S/c1-9-8-15(2)5-6-16(9)21(19,20)12-4-3-10(13(17)18)7-11(12)14/h3-4,7,9H,5-6,8H2,1-2H3,(H,17,18). The highest BCUT2D eigenvalue weighted by Gasteiger charge is 2.33. The number of benzene rings is 1. The molecule has 2 rings (SSSR count). The van der Waals surface area contributed by atoms with Crippen LogP contribution in [0.3, 0.4) is 0 Å². The molecule has 1 N–H and O–H groups in total. The van der Waals surface area contributed by atoms with Gasteiger partial charge in [0.05, 0.1) is 10.5 Å². The van der Waals surface area contributed by atoms with Gasteiger partial charge in [0.15, 0.2) is 0 Å². The van der Waals surface area contributed by atoms with Crippen molar-refractivity contribution in [2.45, 2.75) is 17.9 Å². The Morgan fingerprint density at radius 2 is 2.05 bits per heavy atom. The summed E-state index contributed by atoms with van der Waals surface area (Å²) < 4.78 is 27.2. The van der Waals surface area contributed by atoms with E-state index in [4.69, 9.17) is 5.11 Å². The first-order valence-corrected chi connectivity index (χ1v) is 8.70. The van der Waals surface area contributed by atoms with Crippen molar-refractivity contribution in [2.24, 2.45) is 0 Å². The van der Waals surface area contributed by atoms with Crippen molar-refractivity contribution in [3.8, 4) is 0 Å². The summed E-state index contributed by atoms with van der Waals surface area (Å²) in [6.45, 7) is 3.64. The van der Waals surface area contributed by atoms with Gasteiger partial charge in [-0.15, -0.1) is 0 Å². The highest BCUT2D eigenvalue weighted by Crippen LogP contribution is 2.28. The van der Waals surface area contributed by atoms with Crippen LogP contribution in [0, 0.1) is 0 Å². The van der Waals surface area contributed by atoms with Crippen molar-refractivity contribution in [3.63, 3.8) is 0 Å². The van der Waals surface area contributed by atoms with Gasteiger partial charge in [0.25, 0.3) is 0 Å². The van der Waals surface area contributed by atoms with E-state index in [2.05, 4.69) is 20.8 Å². The van der Waals surface area contributed by atoms with Crippen molar-refractivity contribution in [2.75, 3.05) is 26.7 Å². The molecule has 1 atom stereocenters. The van der Waals surface area contributed by atoms with Crippen LogP contribution in [-0.4, -0.2) is 61.4 Å². The number of hydrogen-bond acceptors (Lipinski definition) is 4. The van der Waals surface area contributed by atoms with Crippen molar-refractivity contribution in [1.82, 2.24) is 9.21 Å². The van der Waals surface area contributed by atoms with Crippen LogP contribution in [0.4, 0.5) is 0 Å². The highest BCUT2D eigenvalue weighted by atomic mass is 79.9. The number of sulfonamides is 1. The second-order valence-corrected chi connectivity index (χ2v) is 7.89. The molecule has 0 spiro atoms. The monoisotopic (exact) mass is 376 g/mol. The SMILES string of the molecule is CC1CN(C)CCN1S(=O)(=O)c1ccc(C(=O)O)cc1Br. The minimum Gasteiger partial charge on any atom is -0.478 e. The zero-order chi connectivity index (χ0) is 15.8. The first-order chi connectivity index (χ1) is 9.73. The number of hydrogen-bond donors (Lipinski definition) is 1. The Labute approximate surface area is 132 Å². The summed E-state index contributed by atoms with van der Waals surface area (Å²) in [4.78, 5) is 13.1. The van der Waals surface area contributed by atoms with E-state index in [1.54, 1.807) is 0 Å². The maximum atomic E-state index is 12.7. The Balaban J connectivity index is 2.38. The number of carboxylic acid groups (broad SMARTS) is 1. The summed E-state index contributed by atoms with van der Waals surface area (Å²) >= 11 is 3.17. The van der Waals surface area contributed by atoms with Crippen LogP contribution >= 0.6 is 15.9 Å². The van der Waals surface area contributed by atoms with Gasteiger partial charge >= 0.3 is 5.97 Å². The van der Waals surface area contributed by atoms with Gasteiger partial charge < -0.3 is 10.0 Å². The smallest absolute Gasteiger partial charge is 0.335 e. The first kappa shape index (κ1) is 16.4. The van der Waals surface area contributed by atoms with E-state index in [0.717, 1.165) is 0 Å². The van der Waals surface area contributed by atoms with Gasteiger partial charge in [0, 0.05) is 30.1 Å². The van der Waals surface area contributed by atoms with Gasteiger partial charge in [-0.25, -0.2) is 13.2 Å². The zero-order valence-electron chi connectivity index (χ0n) is 11.8. The molecule has 8 heteroatoms. The zero-order valence-corrected chi connectivity index (χ0v) is 14.2. The van der Waals surface area contributed by atoms with Gasteiger partial charge in [-0.2, -0.15) is 4.31 Å². The van der Waals surface area contributed by atoms with Gasteiger partial charge in [-0.1, -0.05) is 0 Å². The van der Waals surface area contributed by atoms with E-state index in [1.807, 2.05) is 14.0 Å². The number of halogens is 1. The molecule has 0 amide bonds. The minimum absolute atomic E-state index is 0.0484. The molecule has 1 aromatic rings. The van der Waals surface area contributed by atoms with Crippen molar-refractivity contribution in [3.05, 3.63) is 28.2 Å². The Morgan fingerprint density at radius 3 is 2.57 bits per heavy atom. The molecule has 1 heterocycles. The summed E-state index contributed by atoms with van der Waals surface area (Å²) in [5, 5.41) is 8.94. The van der Waals surface area contributed by atoms with Gasteiger partial charge in [0.1, 0.15) is 0 Å². The van der Waals surface area contributed by atoms with Crippen LogP contribution in [0.25, 0.3) is 0 Å². The second-order valence-electron chi connectivity index (χ2n) is 5.18. The van der Waals surface area contributed by atoms with Crippen LogP contribution in [0.5, 0.6) is 0 Å². The quantitative estimate of drug-likeness (QED) is 0.863.